The Labute approximate surface area is 127 Å². The highest BCUT2D eigenvalue weighted by molar-refractivity contribution is 5.83. The van der Waals surface area contributed by atoms with E-state index in [0.717, 1.165) is 5.56 Å². The molecule has 1 aromatic heterocycles. The summed E-state index contributed by atoms with van der Waals surface area (Å²) in [6.07, 6.45) is 1.60. The molecule has 110 valence electrons. The molecule has 0 N–H and O–H groups in total. The number of rotatable bonds is 3. The molecule has 0 bridgehead atoms. The third-order valence-corrected chi connectivity index (χ3v) is 3.37. The largest absolute Gasteiger partial charge is 0.496 e. The Hall–Kier alpha value is -2.95. The molecular formula is C17H15N3O2. The molecule has 22 heavy (non-hydrogen) atoms. The van der Waals surface area contributed by atoms with Crippen molar-refractivity contribution in [3.63, 3.8) is 0 Å². The summed E-state index contributed by atoms with van der Waals surface area (Å²) in [6, 6.07) is 14.7. The van der Waals surface area contributed by atoms with Gasteiger partial charge in [0.15, 0.2) is 0 Å². The molecule has 0 saturated carbocycles. The molecule has 0 unspecified atom stereocenters. The van der Waals surface area contributed by atoms with Gasteiger partial charge in [0.2, 0.25) is 0 Å². The zero-order valence-electron chi connectivity index (χ0n) is 12.4. The van der Waals surface area contributed by atoms with Gasteiger partial charge in [0, 0.05) is 5.56 Å². The number of aryl methyl sites for hydroxylation is 1. The zero-order chi connectivity index (χ0) is 15.5. The van der Waals surface area contributed by atoms with E-state index in [-0.39, 0.29) is 5.56 Å². The van der Waals surface area contributed by atoms with Crippen molar-refractivity contribution in [3.05, 3.63) is 70.3 Å². The van der Waals surface area contributed by atoms with Crippen LogP contribution in [0.15, 0.2) is 58.4 Å². The van der Waals surface area contributed by atoms with E-state index in [0.29, 0.717) is 22.5 Å². The van der Waals surface area contributed by atoms with Crippen LogP contribution in [-0.4, -0.2) is 23.0 Å². The van der Waals surface area contributed by atoms with Gasteiger partial charge in [0.1, 0.15) is 11.6 Å². The van der Waals surface area contributed by atoms with E-state index in [1.54, 1.807) is 26.3 Å². The predicted molar refractivity (Wildman–Crippen MR) is 86.7 cm³/mol. The molecule has 5 heteroatoms. The molecule has 3 aromatic rings. The van der Waals surface area contributed by atoms with Gasteiger partial charge in [0.25, 0.3) is 5.56 Å². The molecular weight excluding hydrogens is 278 g/mol. The van der Waals surface area contributed by atoms with Crippen molar-refractivity contribution in [2.24, 2.45) is 5.10 Å². The van der Waals surface area contributed by atoms with Crippen LogP contribution in [0.25, 0.3) is 10.9 Å². The average molecular weight is 293 g/mol. The summed E-state index contributed by atoms with van der Waals surface area (Å²) in [6.45, 7) is 1.76. The second-order valence-corrected chi connectivity index (χ2v) is 4.78. The molecule has 0 spiro atoms. The van der Waals surface area contributed by atoms with Crippen LogP contribution in [0, 0.1) is 6.92 Å². The SMILES string of the molecule is COc1ccccc1/C=N\n1c(C)nc2ccccc2c1=O. The number of hydrogen-bond donors (Lipinski definition) is 0. The van der Waals surface area contributed by atoms with Crippen LogP contribution in [0.3, 0.4) is 0 Å². The van der Waals surface area contributed by atoms with Crippen molar-refractivity contribution in [2.75, 3.05) is 7.11 Å². The topological polar surface area (TPSA) is 56.5 Å². The Kier molecular flexibility index (Phi) is 3.70. The minimum absolute atomic E-state index is 0.186. The lowest BCUT2D eigenvalue weighted by atomic mass is 10.2. The fourth-order valence-electron chi connectivity index (χ4n) is 2.26. The van der Waals surface area contributed by atoms with E-state index in [2.05, 4.69) is 10.1 Å². The second-order valence-electron chi connectivity index (χ2n) is 4.78. The quantitative estimate of drug-likeness (QED) is 0.697. The summed E-state index contributed by atoms with van der Waals surface area (Å²) in [5.41, 5.74) is 1.28. The molecule has 0 aliphatic rings. The highest BCUT2D eigenvalue weighted by Gasteiger charge is 2.06. The number of aromatic nitrogens is 2. The maximum atomic E-state index is 12.5. The highest BCUT2D eigenvalue weighted by Crippen LogP contribution is 2.15. The van der Waals surface area contributed by atoms with Crippen LogP contribution >= 0.6 is 0 Å². The van der Waals surface area contributed by atoms with Crippen LogP contribution in [0.2, 0.25) is 0 Å². The minimum Gasteiger partial charge on any atom is -0.496 e. The molecule has 0 radical (unpaired) electrons. The van der Waals surface area contributed by atoms with Crippen molar-refractivity contribution < 1.29 is 4.74 Å². The molecule has 5 nitrogen and oxygen atoms in total. The molecule has 0 fully saturated rings. The summed E-state index contributed by atoms with van der Waals surface area (Å²) in [4.78, 5) is 16.9. The Balaban J connectivity index is 2.11. The second kappa shape index (κ2) is 5.81. The summed E-state index contributed by atoms with van der Waals surface area (Å²) < 4.78 is 6.57. The standard InChI is InChI=1S/C17H15N3O2/c1-12-19-15-9-5-4-8-14(15)17(21)20(12)18-11-13-7-3-6-10-16(13)22-2/h3-11H,1-2H3/b18-11-. The van der Waals surface area contributed by atoms with Gasteiger partial charge in [0.05, 0.1) is 24.2 Å². The van der Waals surface area contributed by atoms with E-state index in [9.17, 15) is 4.79 Å². The Bertz CT molecular complexity index is 913. The molecule has 0 aliphatic heterocycles. The molecule has 0 aliphatic carbocycles. The summed E-state index contributed by atoms with van der Waals surface area (Å²) in [7, 11) is 1.60. The van der Waals surface area contributed by atoms with Crippen molar-refractivity contribution in [1.29, 1.82) is 0 Å². The first-order chi connectivity index (χ1) is 10.7. The summed E-state index contributed by atoms with van der Waals surface area (Å²) in [5.74, 6) is 1.24. The van der Waals surface area contributed by atoms with Crippen LogP contribution < -0.4 is 10.3 Å². The van der Waals surface area contributed by atoms with E-state index in [4.69, 9.17) is 4.74 Å². The molecule has 0 saturated heterocycles. The van der Waals surface area contributed by atoms with Crippen LogP contribution in [0.5, 0.6) is 5.75 Å². The number of fused-ring (bicyclic) bond motifs is 1. The molecule has 0 atom stereocenters. The number of benzene rings is 2. The maximum Gasteiger partial charge on any atom is 0.282 e. The minimum atomic E-state index is -0.186. The van der Waals surface area contributed by atoms with Gasteiger partial charge in [-0.25, -0.2) is 4.98 Å². The van der Waals surface area contributed by atoms with Gasteiger partial charge in [-0.15, -0.1) is 0 Å². The summed E-state index contributed by atoms with van der Waals surface area (Å²) >= 11 is 0. The van der Waals surface area contributed by atoms with E-state index in [1.807, 2.05) is 42.5 Å². The van der Waals surface area contributed by atoms with Gasteiger partial charge in [-0.05, 0) is 31.2 Å². The zero-order valence-corrected chi connectivity index (χ0v) is 12.4. The Morgan fingerprint density at radius 2 is 1.86 bits per heavy atom. The van der Waals surface area contributed by atoms with E-state index in [1.165, 1.54) is 4.68 Å². The summed E-state index contributed by atoms with van der Waals surface area (Å²) in [5, 5.41) is 4.82. The third kappa shape index (κ3) is 2.48. The first-order valence-corrected chi connectivity index (χ1v) is 6.86. The van der Waals surface area contributed by atoms with Crippen LogP contribution in [0.1, 0.15) is 11.4 Å². The number of para-hydroxylation sites is 2. The number of ether oxygens (including phenoxy) is 1. The first kappa shape index (κ1) is 14.0. The van der Waals surface area contributed by atoms with Crippen molar-refractivity contribution in [2.45, 2.75) is 6.92 Å². The van der Waals surface area contributed by atoms with E-state index >= 15 is 0 Å². The lowest BCUT2D eigenvalue weighted by Gasteiger charge is -2.06. The van der Waals surface area contributed by atoms with Crippen LogP contribution in [0.4, 0.5) is 0 Å². The number of hydrogen-bond acceptors (Lipinski definition) is 4. The first-order valence-electron chi connectivity index (χ1n) is 6.86. The molecule has 1 heterocycles. The lowest BCUT2D eigenvalue weighted by Crippen LogP contribution is -2.20. The van der Waals surface area contributed by atoms with Gasteiger partial charge >= 0.3 is 0 Å². The number of methoxy groups -OCH3 is 1. The smallest absolute Gasteiger partial charge is 0.282 e. The molecule has 3 rings (SSSR count). The normalized spacial score (nSPS) is 11.2. The Morgan fingerprint density at radius 3 is 2.68 bits per heavy atom. The molecule has 0 amide bonds. The number of nitrogens with zero attached hydrogens (tertiary/aromatic N) is 3. The molecule has 2 aromatic carbocycles. The Morgan fingerprint density at radius 1 is 1.14 bits per heavy atom. The fraction of sp³-hybridized carbons (Fsp3) is 0.118. The van der Waals surface area contributed by atoms with E-state index < -0.39 is 0 Å². The average Bonchev–Trinajstić information content (AvgIpc) is 2.55. The van der Waals surface area contributed by atoms with Gasteiger partial charge in [-0.1, -0.05) is 24.3 Å². The van der Waals surface area contributed by atoms with Crippen molar-refractivity contribution in [3.8, 4) is 5.75 Å². The third-order valence-electron chi connectivity index (χ3n) is 3.37. The fourth-order valence-corrected chi connectivity index (χ4v) is 2.26. The predicted octanol–water partition coefficient (Wildman–Crippen LogP) is 2.60. The highest BCUT2D eigenvalue weighted by atomic mass is 16.5. The van der Waals surface area contributed by atoms with Gasteiger partial charge in [-0.2, -0.15) is 9.78 Å². The van der Waals surface area contributed by atoms with Crippen molar-refractivity contribution >= 4 is 17.1 Å². The van der Waals surface area contributed by atoms with Crippen LogP contribution in [-0.2, 0) is 0 Å². The van der Waals surface area contributed by atoms with Gasteiger partial charge in [-0.3, -0.25) is 4.79 Å². The monoisotopic (exact) mass is 293 g/mol. The lowest BCUT2D eigenvalue weighted by molar-refractivity contribution is 0.414. The van der Waals surface area contributed by atoms with Gasteiger partial charge < -0.3 is 4.74 Å². The maximum absolute atomic E-state index is 12.5. The van der Waals surface area contributed by atoms with Crippen molar-refractivity contribution in [1.82, 2.24) is 9.66 Å².